The van der Waals surface area contributed by atoms with Crippen LogP contribution in [-0.4, -0.2) is 18.1 Å². The molecule has 0 amide bonds. The van der Waals surface area contributed by atoms with Crippen molar-refractivity contribution in [2.24, 2.45) is 11.8 Å². The highest BCUT2D eigenvalue weighted by Crippen LogP contribution is 2.38. The minimum atomic E-state index is 0.780. The molecule has 0 spiro atoms. The van der Waals surface area contributed by atoms with Gasteiger partial charge in [0.25, 0.3) is 0 Å². The predicted molar refractivity (Wildman–Crippen MR) is 83.8 cm³/mol. The van der Waals surface area contributed by atoms with Crippen LogP contribution in [0.25, 0.3) is 10.9 Å². The maximum Gasteiger partial charge on any atom is 0.0951 e. The Kier molecular flexibility index (Phi) is 2.79. The first-order chi connectivity index (χ1) is 9.81. The fourth-order valence-electron chi connectivity index (χ4n) is 2.96. The first kappa shape index (κ1) is 12.0. The van der Waals surface area contributed by atoms with Crippen LogP contribution in [0.15, 0.2) is 30.5 Å². The number of hydrogen-bond acceptors (Lipinski definition) is 3. The Bertz CT molecular complexity index is 615. The van der Waals surface area contributed by atoms with E-state index in [0.717, 1.165) is 23.0 Å². The van der Waals surface area contributed by atoms with Gasteiger partial charge in [-0.15, -0.1) is 0 Å². The van der Waals surface area contributed by atoms with Crippen molar-refractivity contribution in [3.63, 3.8) is 0 Å². The van der Waals surface area contributed by atoms with Crippen LogP contribution in [0.5, 0.6) is 0 Å². The van der Waals surface area contributed by atoms with E-state index in [1.54, 1.807) is 0 Å². The Morgan fingerprint density at radius 1 is 1.05 bits per heavy atom. The van der Waals surface area contributed by atoms with Crippen LogP contribution in [0.3, 0.4) is 0 Å². The van der Waals surface area contributed by atoms with E-state index in [0.29, 0.717) is 0 Å². The number of fused-ring (bicyclic) bond motifs is 1. The van der Waals surface area contributed by atoms with Gasteiger partial charge < -0.3 is 10.6 Å². The largest absolute Gasteiger partial charge is 0.397 e. The number of nitrogen functional groups attached to an aromatic ring is 1. The van der Waals surface area contributed by atoms with Gasteiger partial charge in [-0.3, -0.25) is 4.98 Å². The number of nitrogens with two attached hydrogens (primary N) is 1. The molecule has 1 aromatic carbocycles. The predicted octanol–water partition coefficient (Wildman–Crippen LogP) is 3.44. The van der Waals surface area contributed by atoms with Crippen LogP contribution in [0.1, 0.15) is 25.7 Å². The Labute approximate surface area is 119 Å². The number of nitrogens with zero attached hydrogens (tertiary/aromatic N) is 2. The van der Waals surface area contributed by atoms with Gasteiger partial charge in [0.1, 0.15) is 0 Å². The molecule has 0 radical (unpaired) electrons. The van der Waals surface area contributed by atoms with Crippen molar-refractivity contribution in [2.45, 2.75) is 25.7 Å². The molecule has 2 aliphatic carbocycles. The van der Waals surface area contributed by atoms with Crippen molar-refractivity contribution < 1.29 is 0 Å². The fourth-order valence-corrected chi connectivity index (χ4v) is 2.96. The van der Waals surface area contributed by atoms with Gasteiger partial charge in [0.2, 0.25) is 0 Å². The molecule has 0 aliphatic heterocycles. The van der Waals surface area contributed by atoms with Crippen LogP contribution < -0.4 is 10.6 Å². The normalized spacial score (nSPS) is 18.4. The summed E-state index contributed by atoms with van der Waals surface area (Å²) in [6.07, 6.45) is 7.48. The van der Waals surface area contributed by atoms with Crippen molar-refractivity contribution in [1.29, 1.82) is 0 Å². The number of aromatic nitrogens is 1. The lowest BCUT2D eigenvalue weighted by molar-refractivity contribution is 0.681. The van der Waals surface area contributed by atoms with E-state index in [-0.39, 0.29) is 0 Å². The van der Waals surface area contributed by atoms with Crippen molar-refractivity contribution in [1.82, 2.24) is 4.98 Å². The quantitative estimate of drug-likeness (QED) is 0.844. The monoisotopic (exact) mass is 267 g/mol. The summed E-state index contributed by atoms with van der Waals surface area (Å²) in [5.74, 6) is 1.80. The number of pyridine rings is 1. The highest BCUT2D eigenvalue weighted by Gasteiger charge is 2.30. The molecular weight excluding hydrogens is 246 g/mol. The zero-order valence-electron chi connectivity index (χ0n) is 11.8. The molecule has 0 bridgehead atoms. The third-order valence-corrected chi connectivity index (χ3v) is 4.47. The summed E-state index contributed by atoms with van der Waals surface area (Å²) in [5, 5.41) is 1.20. The Balaban J connectivity index is 1.74. The zero-order chi connectivity index (χ0) is 13.5. The summed E-state index contributed by atoms with van der Waals surface area (Å²) in [4.78, 5) is 7.04. The summed E-state index contributed by atoms with van der Waals surface area (Å²) in [7, 11) is 0. The second-order valence-corrected chi connectivity index (χ2v) is 6.37. The molecule has 2 aromatic rings. The van der Waals surface area contributed by atoms with Crippen LogP contribution in [0.2, 0.25) is 0 Å². The third kappa shape index (κ3) is 2.33. The Morgan fingerprint density at radius 2 is 1.75 bits per heavy atom. The number of benzene rings is 1. The van der Waals surface area contributed by atoms with Crippen LogP contribution in [0.4, 0.5) is 11.4 Å². The topological polar surface area (TPSA) is 42.1 Å². The number of anilines is 2. The Hall–Kier alpha value is -1.77. The lowest BCUT2D eigenvalue weighted by atomic mass is 10.1. The molecule has 104 valence electrons. The average molecular weight is 267 g/mol. The second kappa shape index (κ2) is 4.65. The fraction of sp³-hybridized carbons (Fsp3) is 0.471. The molecule has 4 rings (SSSR count). The van der Waals surface area contributed by atoms with Crippen LogP contribution in [0, 0.1) is 11.8 Å². The maximum atomic E-state index is 6.07. The molecule has 2 saturated carbocycles. The molecule has 3 heteroatoms. The molecule has 2 N–H and O–H groups in total. The van der Waals surface area contributed by atoms with Gasteiger partial charge in [0.05, 0.1) is 11.2 Å². The number of para-hydroxylation sites is 1. The lowest BCUT2D eigenvalue weighted by Gasteiger charge is -2.26. The van der Waals surface area contributed by atoms with Gasteiger partial charge in [-0.1, -0.05) is 12.1 Å². The zero-order valence-corrected chi connectivity index (χ0v) is 11.8. The van der Waals surface area contributed by atoms with E-state index in [1.807, 2.05) is 18.3 Å². The smallest absolute Gasteiger partial charge is 0.0951 e. The summed E-state index contributed by atoms with van der Waals surface area (Å²) in [5.41, 5.74) is 9.12. The number of rotatable bonds is 5. The third-order valence-electron chi connectivity index (χ3n) is 4.47. The minimum absolute atomic E-state index is 0.780. The minimum Gasteiger partial charge on any atom is -0.397 e. The molecule has 2 aliphatic rings. The molecule has 1 aromatic heterocycles. The van der Waals surface area contributed by atoms with Gasteiger partial charge in [-0.2, -0.15) is 0 Å². The molecule has 20 heavy (non-hydrogen) atoms. The molecule has 2 fully saturated rings. The van der Waals surface area contributed by atoms with Gasteiger partial charge in [-0.05, 0) is 49.7 Å². The van der Waals surface area contributed by atoms with E-state index in [1.165, 1.54) is 49.8 Å². The summed E-state index contributed by atoms with van der Waals surface area (Å²) in [6, 6.07) is 8.29. The van der Waals surface area contributed by atoms with E-state index >= 15 is 0 Å². The molecule has 0 unspecified atom stereocenters. The summed E-state index contributed by atoms with van der Waals surface area (Å²) >= 11 is 0. The van der Waals surface area contributed by atoms with Gasteiger partial charge in [0.15, 0.2) is 0 Å². The van der Waals surface area contributed by atoms with Crippen molar-refractivity contribution in [3.05, 3.63) is 30.5 Å². The molecule has 3 nitrogen and oxygen atoms in total. The maximum absolute atomic E-state index is 6.07. The first-order valence-corrected chi connectivity index (χ1v) is 7.69. The van der Waals surface area contributed by atoms with E-state index in [9.17, 15) is 0 Å². The average Bonchev–Trinajstić information content (AvgIpc) is 3.33. The van der Waals surface area contributed by atoms with E-state index in [2.05, 4.69) is 22.0 Å². The van der Waals surface area contributed by atoms with Gasteiger partial charge in [0, 0.05) is 30.4 Å². The van der Waals surface area contributed by atoms with Crippen molar-refractivity contribution in [2.75, 3.05) is 23.7 Å². The van der Waals surface area contributed by atoms with Crippen LogP contribution in [-0.2, 0) is 0 Å². The van der Waals surface area contributed by atoms with Gasteiger partial charge in [-0.25, -0.2) is 0 Å². The van der Waals surface area contributed by atoms with Crippen molar-refractivity contribution in [3.8, 4) is 0 Å². The molecule has 1 heterocycles. The molecule has 0 atom stereocenters. The van der Waals surface area contributed by atoms with Crippen molar-refractivity contribution >= 4 is 22.3 Å². The van der Waals surface area contributed by atoms with Crippen LogP contribution >= 0.6 is 0 Å². The summed E-state index contributed by atoms with van der Waals surface area (Å²) < 4.78 is 0. The lowest BCUT2D eigenvalue weighted by Crippen LogP contribution is -2.28. The Morgan fingerprint density at radius 3 is 2.40 bits per heavy atom. The molecule has 0 saturated heterocycles. The second-order valence-electron chi connectivity index (χ2n) is 6.37. The van der Waals surface area contributed by atoms with Gasteiger partial charge >= 0.3 is 0 Å². The standard InChI is InChI=1S/C17H21N3/c18-15-3-1-2-14-16(8-9-19-17(14)15)20(10-12-4-5-12)11-13-6-7-13/h1-3,8-9,12-13H,4-7,10-11,18H2. The molecular formula is C17H21N3. The van der Waals surface area contributed by atoms with E-state index < -0.39 is 0 Å². The van der Waals surface area contributed by atoms with E-state index in [4.69, 9.17) is 5.73 Å². The summed E-state index contributed by atoms with van der Waals surface area (Å²) in [6.45, 7) is 2.40. The highest BCUT2D eigenvalue weighted by molar-refractivity contribution is 5.98. The SMILES string of the molecule is Nc1cccc2c(N(CC3CC3)CC3CC3)ccnc12. The number of hydrogen-bond donors (Lipinski definition) is 1. The highest BCUT2D eigenvalue weighted by atomic mass is 15.1. The first-order valence-electron chi connectivity index (χ1n) is 7.69.